The van der Waals surface area contributed by atoms with Crippen molar-refractivity contribution in [3.05, 3.63) is 59.2 Å². The summed E-state index contributed by atoms with van der Waals surface area (Å²) in [5, 5.41) is 7.31. The first-order chi connectivity index (χ1) is 13.1. The minimum Gasteiger partial charge on any atom is -0.323 e. The molecular formula is C19H20N6O2. The molecule has 138 valence electrons. The summed E-state index contributed by atoms with van der Waals surface area (Å²) < 4.78 is 1.31. The molecule has 0 aliphatic carbocycles. The van der Waals surface area contributed by atoms with Gasteiger partial charge < -0.3 is 5.32 Å². The normalized spacial score (nSPS) is 17.4. The van der Waals surface area contributed by atoms with Crippen LogP contribution < -0.4 is 10.9 Å². The van der Waals surface area contributed by atoms with E-state index >= 15 is 0 Å². The van der Waals surface area contributed by atoms with E-state index in [9.17, 15) is 9.59 Å². The third-order valence-electron chi connectivity index (χ3n) is 4.78. The van der Waals surface area contributed by atoms with Crippen molar-refractivity contribution in [2.75, 3.05) is 5.32 Å². The number of rotatable bonds is 1. The number of aryl methyl sites for hydroxylation is 1. The van der Waals surface area contributed by atoms with Gasteiger partial charge in [-0.2, -0.15) is 14.6 Å². The minimum absolute atomic E-state index is 0.0517. The highest BCUT2D eigenvalue weighted by molar-refractivity contribution is 5.95. The Bertz CT molecular complexity index is 1040. The van der Waals surface area contributed by atoms with Gasteiger partial charge in [0.2, 0.25) is 5.91 Å². The second kappa shape index (κ2) is 7.14. The molecule has 1 N–H and O–H groups in total. The molecule has 0 saturated heterocycles. The average molecular weight is 364 g/mol. The fourth-order valence-electron chi connectivity index (χ4n) is 3.25. The van der Waals surface area contributed by atoms with E-state index in [1.807, 2.05) is 19.1 Å². The maximum absolute atomic E-state index is 12.6. The molecule has 1 aliphatic heterocycles. The number of hydrogen-bond donors (Lipinski definition) is 1. The third kappa shape index (κ3) is 3.38. The molecule has 0 spiro atoms. The molecule has 1 atom stereocenters. The summed E-state index contributed by atoms with van der Waals surface area (Å²) in [4.78, 5) is 34.8. The number of hydrogen-bond acceptors (Lipinski definition) is 5. The molecule has 3 aromatic rings. The maximum Gasteiger partial charge on any atom is 0.273 e. The lowest BCUT2D eigenvalue weighted by atomic mass is 10.00. The third-order valence-corrected chi connectivity index (χ3v) is 4.78. The number of pyridine rings is 1. The van der Waals surface area contributed by atoms with Crippen molar-refractivity contribution in [1.29, 1.82) is 0 Å². The largest absolute Gasteiger partial charge is 0.323 e. The second-order valence-electron chi connectivity index (χ2n) is 6.73. The Morgan fingerprint density at radius 1 is 1.19 bits per heavy atom. The number of carbonyl (C=O) groups is 1. The lowest BCUT2D eigenvalue weighted by molar-refractivity contribution is -0.119. The molecule has 0 aromatic carbocycles. The van der Waals surface area contributed by atoms with E-state index in [2.05, 4.69) is 20.4 Å². The van der Waals surface area contributed by atoms with Crippen LogP contribution in [0.1, 0.15) is 31.9 Å². The number of fused-ring (bicyclic) bond motifs is 4. The molecule has 8 nitrogen and oxygen atoms in total. The maximum atomic E-state index is 12.6. The predicted octanol–water partition coefficient (Wildman–Crippen LogP) is 2.11. The van der Waals surface area contributed by atoms with E-state index in [1.165, 1.54) is 28.1 Å². The predicted molar refractivity (Wildman–Crippen MR) is 100 cm³/mol. The highest BCUT2D eigenvalue weighted by atomic mass is 16.2. The fraction of sp³-hybridized carbons (Fsp3) is 0.316. The molecule has 27 heavy (non-hydrogen) atoms. The SMILES string of the molecule is CC1CCCCc2cc(ccn2)-c2c(cnn2-n2cnccc2=O)NC1=O. The molecule has 2 bridgehead atoms. The van der Waals surface area contributed by atoms with Gasteiger partial charge in [-0.3, -0.25) is 14.6 Å². The molecule has 1 aliphatic rings. The van der Waals surface area contributed by atoms with E-state index in [1.54, 1.807) is 12.4 Å². The zero-order chi connectivity index (χ0) is 18.8. The smallest absolute Gasteiger partial charge is 0.273 e. The summed E-state index contributed by atoms with van der Waals surface area (Å²) in [7, 11) is 0. The van der Waals surface area contributed by atoms with Gasteiger partial charge in [0.25, 0.3) is 5.56 Å². The lowest BCUT2D eigenvalue weighted by Crippen LogP contribution is -2.27. The van der Waals surface area contributed by atoms with Crippen LogP contribution in [0.3, 0.4) is 0 Å². The van der Waals surface area contributed by atoms with Crippen molar-refractivity contribution in [2.45, 2.75) is 32.6 Å². The Kier molecular flexibility index (Phi) is 4.53. The van der Waals surface area contributed by atoms with E-state index in [4.69, 9.17) is 0 Å². The summed E-state index contributed by atoms with van der Waals surface area (Å²) in [5.41, 5.74) is 2.72. The molecule has 0 saturated carbocycles. The molecule has 0 fully saturated rings. The fourth-order valence-corrected chi connectivity index (χ4v) is 3.25. The average Bonchev–Trinajstić information content (AvgIpc) is 3.08. The first-order valence-corrected chi connectivity index (χ1v) is 9.01. The van der Waals surface area contributed by atoms with Gasteiger partial charge >= 0.3 is 0 Å². The van der Waals surface area contributed by atoms with Crippen LogP contribution in [0.5, 0.6) is 0 Å². The van der Waals surface area contributed by atoms with E-state index in [0.29, 0.717) is 11.4 Å². The summed E-state index contributed by atoms with van der Waals surface area (Å²) in [5.74, 6) is -0.155. The van der Waals surface area contributed by atoms with Crippen LogP contribution in [0.2, 0.25) is 0 Å². The molecule has 1 amide bonds. The summed E-state index contributed by atoms with van der Waals surface area (Å²) in [6.45, 7) is 1.92. The van der Waals surface area contributed by atoms with Gasteiger partial charge in [-0.15, -0.1) is 0 Å². The Balaban J connectivity index is 1.91. The number of amides is 1. The van der Waals surface area contributed by atoms with Crippen LogP contribution in [0, 0.1) is 5.92 Å². The van der Waals surface area contributed by atoms with Crippen LogP contribution in [0.4, 0.5) is 5.69 Å². The van der Waals surface area contributed by atoms with Crippen LogP contribution >= 0.6 is 0 Å². The van der Waals surface area contributed by atoms with Gasteiger partial charge in [-0.1, -0.05) is 13.3 Å². The highest BCUT2D eigenvalue weighted by Crippen LogP contribution is 2.29. The Hall–Kier alpha value is -3.29. The number of anilines is 1. The van der Waals surface area contributed by atoms with E-state index in [0.717, 1.165) is 36.9 Å². The zero-order valence-electron chi connectivity index (χ0n) is 15.0. The summed E-state index contributed by atoms with van der Waals surface area (Å²) >= 11 is 0. The lowest BCUT2D eigenvalue weighted by Gasteiger charge is -2.16. The highest BCUT2D eigenvalue weighted by Gasteiger charge is 2.21. The van der Waals surface area contributed by atoms with Crippen molar-refractivity contribution in [3.63, 3.8) is 0 Å². The molecule has 3 aromatic heterocycles. The quantitative estimate of drug-likeness (QED) is 0.714. The van der Waals surface area contributed by atoms with Crippen LogP contribution in [0.15, 0.2) is 47.9 Å². The Labute approximate surface area is 155 Å². The van der Waals surface area contributed by atoms with Gasteiger partial charge in [0.15, 0.2) is 0 Å². The molecular weight excluding hydrogens is 344 g/mol. The van der Waals surface area contributed by atoms with Gasteiger partial charge in [0, 0.05) is 35.6 Å². The van der Waals surface area contributed by atoms with Crippen molar-refractivity contribution >= 4 is 11.6 Å². The van der Waals surface area contributed by atoms with E-state index in [-0.39, 0.29) is 17.4 Å². The number of aromatic nitrogens is 5. The number of nitrogens with one attached hydrogen (secondary N) is 1. The van der Waals surface area contributed by atoms with Crippen LogP contribution in [-0.4, -0.2) is 30.4 Å². The first kappa shape index (κ1) is 17.1. The van der Waals surface area contributed by atoms with Crippen molar-refractivity contribution in [2.24, 2.45) is 5.92 Å². The zero-order valence-corrected chi connectivity index (χ0v) is 15.0. The molecule has 4 rings (SSSR count). The summed E-state index contributed by atoms with van der Waals surface area (Å²) in [6, 6.07) is 5.20. The van der Waals surface area contributed by atoms with Gasteiger partial charge in [0.1, 0.15) is 12.0 Å². The monoisotopic (exact) mass is 364 g/mol. The Morgan fingerprint density at radius 2 is 2.07 bits per heavy atom. The first-order valence-electron chi connectivity index (χ1n) is 9.01. The minimum atomic E-state index is -0.268. The second-order valence-corrected chi connectivity index (χ2v) is 6.73. The van der Waals surface area contributed by atoms with Crippen LogP contribution in [-0.2, 0) is 11.2 Å². The summed E-state index contributed by atoms with van der Waals surface area (Å²) in [6.07, 6.45) is 9.75. The molecule has 0 radical (unpaired) electrons. The standard InChI is InChI=1S/C19H20N6O2/c1-13-4-2-3-5-15-10-14(6-9-21-15)18-16(23-19(13)27)11-22-25(18)24-12-20-8-7-17(24)26/h6-13H,2-5H2,1H3,(H,23,27). The number of carbonyl (C=O) groups excluding carboxylic acids is 1. The van der Waals surface area contributed by atoms with Crippen LogP contribution in [0.25, 0.3) is 11.3 Å². The van der Waals surface area contributed by atoms with Crippen molar-refractivity contribution < 1.29 is 4.79 Å². The Morgan fingerprint density at radius 3 is 2.93 bits per heavy atom. The van der Waals surface area contributed by atoms with Crippen molar-refractivity contribution in [1.82, 2.24) is 24.5 Å². The van der Waals surface area contributed by atoms with Gasteiger partial charge in [-0.05, 0) is 31.4 Å². The molecule has 1 unspecified atom stereocenters. The van der Waals surface area contributed by atoms with Gasteiger partial charge in [-0.25, -0.2) is 4.98 Å². The van der Waals surface area contributed by atoms with Crippen molar-refractivity contribution in [3.8, 4) is 11.3 Å². The van der Waals surface area contributed by atoms with E-state index < -0.39 is 0 Å². The molecule has 4 heterocycles. The molecule has 8 heteroatoms. The topological polar surface area (TPSA) is 94.7 Å². The number of nitrogens with zero attached hydrogens (tertiary/aromatic N) is 5. The van der Waals surface area contributed by atoms with Gasteiger partial charge in [0.05, 0.1) is 11.9 Å².